The van der Waals surface area contributed by atoms with Crippen LogP contribution in [-0.4, -0.2) is 11.1 Å². The minimum atomic E-state index is 0.255. The van der Waals surface area contributed by atoms with Crippen LogP contribution in [0.1, 0.15) is 24.0 Å². The number of phenolic OH excluding ortho intramolecular Hbond substituents is 1. The molecule has 1 fully saturated rings. The topological polar surface area (TPSA) is 41.5 Å². The number of aromatic hydroxyl groups is 1. The third-order valence-corrected chi connectivity index (χ3v) is 3.82. The molecule has 110 valence electrons. The van der Waals surface area contributed by atoms with Crippen LogP contribution in [0.25, 0.3) is 0 Å². The predicted octanol–water partition coefficient (Wildman–Crippen LogP) is 3.88. The molecular formula is C17H18ClNO2. The SMILES string of the molecule is Oc1ccc(COc2c(Cl)cccc2CNC2CC2)cc1. The van der Waals surface area contributed by atoms with E-state index in [-0.39, 0.29) is 5.75 Å². The van der Waals surface area contributed by atoms with Crippen LogP contribution in [0.2, 0.25) is 5.02 Å². The third kappa shape index (κ3) is 3.90. The molecule has 0 atom stereocenters. The van der Waals surface area contributed by atoms with Gasteiger partial charge in [0.05, 0.1) is 5.02 Å². The average Bonchev–Trinajstić information content (AvgIpc) is 3.30. The summed E-state index contributed by atoms with van der Waals surface area (Å²) in [6.07, 6.45) is 2.51. The number of rotatable bonds is 6. The molecule has 0 aromatic heterocycles. The van der Waals surface area contributed by atoms with E-state index in [2.05, 4.69) is 5.32 Å². The van der Waals surface area contributed by atoms with Gasteiger partial charge in [0.1, 0.15) is 18.1 Å². The van der Waals surface area contributed by atoms with E-state index in [0.717, 1.165) is 23.4 Å². The molecule has 0 heterocycles. The average molecular weight is 304 g/mol. The van der Waals surface area contributed by atoms with Gasteiger partial charge in [-0.15, -0.1) is 0 Å². The second-order valence-corrected chi connectivity index (χ2v) is 5.75. The minimum Gasteiger partial charge on any atom is -0.508 e. The Bertz CT molecular complexity index is 609. The van der Waals surface area contributed by atoms with Crippen molar-refractivity contribution in [1.82, 2.24) is 5.32 Å². The monoisotopic (exact) mass is 303 g/mol. The minimum absolute atomic E-state index is 0.255. The number of hydrogen-bond donors (Lipinski definition) is 2. The van der Waals surface area contributed by atoms with E-state index in [1.165, 1.54) is 12.8 Å². The first-order valence-electron chi connectivity index (χ1n) is 7.14. The molecule has 4 heteroatoms. The Balaban J connectivity index is 1.69. The summed E-state index contributed by atoms with van der Waals surface area (Å²) in [5.74, 6) is 0.992. The Morgan fingerprint density at radius 1 is 1.14 bits per heavy atom. The Kier molecular flexibility index (Phi) is 4.32. The van der Waals surface area contributed by atoms with Crippen LogP contribution in [-0.2, 0) is 13.2 Å². The summed E-state index contributed by atoms with van der Waals surface area (Å²) < 4.78 is 5.89. The quantitative estimate of drug-likeness (QED) is 0.851. The number of halogens is 1. The highest BCUT2D eigenvalue weighted by molar-refractivity contribution is 6.32. The molecule has 0 unspecified atom stereocenters. The normalized spacial score (nSPS) is 14.1. The lowest BCUT2D eigenvalue weighted by molar-refractivity contribution is 0.302. The maximum Gasteiger partial charge on any atom is 0.142 e. The van der Waals surface area contributed by atoms with Crippen LogP contribution >= 0.6 is 11.6 Å². The summed E-state index contributed by atoms with van der Waals surface area (Å²) in [5.41, 5.74) is 2.07. The molecule has 0 amide bonds. The van der Waals surface area contributed by atoms with E-state index in [1.54, 1.807) is 12.1 Å². The maximum atomic E-state index is 9.29. The van der Waals surface area contributed by atoms with Gasteiger partial charge < -0.3 is 15.2 Å². The summed E-state index contributed by atoms with van der Waals surface area (Å²) in [5, 5.41) is 13.4. The molecule has 0 radical (unpaired) electrons. The number of ether oxygens (including phenoxy) is 1. The van der Waals surface area contributed by atoms with E-state index < -0.39 is 0 Å². The van der Waals surface area contributed by atoms with Gasteiger partial charge in [0, 0.05) is 18.2 Å². The zero-order chi connectivity index (χ0) is 14.7. The fourth-order valence-electron chi connectivity index (χ4n) is 2.14. The first kappa shape index (κ1) is 14.2. The van der Waals surface area contributed by atoms with Crippen LogP contribution in [0.15, 0.2) is 42.5 Å². The summed E-state index contributed by atoms with van der Waals surface area (Å²) in [6.45, 7) is 1.20. The van der Waals surface area contributed by atoms with Crippen molar-refractivity contribution in [2.24, 2.45) is 0 Å². The summed E-state index contributed by atoms with van der Waals surface area (Å²) >= 11 is 6.26. The molecule has 1 aliphatic rings. The van der Waals surface area contributed by atoms with Crippen LogP contribution in [0.5, 0.6) is 11.5 Å². The predicted molar refractivity (Wildman–Crippen MR) is 83.8 cm³/mol. The molecule has 3 rings (SSSR count). The van der Waals surface area contributed by atoms with Gasteiger partial charge in [-0.1, -0.05) is 35.9 Å². The van der Waals surface area contributed by atoms with Crippen LogP contribution in [0.4, 0.5) is 0 Å². The van der Waals surface area contributed by atoms with Gasteiger partial charge in [0.25, 0.3) is 0 Å². The van der Waals surface area contributed by atoms with Gasteiger partial charge in [-0.3, -0.25) is 0 Å². The van der Waals surface area contributed by atoms with Crippen molar-refractivity contribution >= 4 is 11.6 Å². The Morgan fingerprint density at radius 3 is 2.62 bits per heavy atom. The second-order valence-electron chi connectivity index (χ2n) is 5.34. The summed E-state index contributed by atoms with van der Waals surface area (Å²) in [4.78, 5) is 0. The molecule has 21 heavy (non-hydrogen) atoms. The Hall–Kier alpha value is -1.71. The maximum absolute atomic E-state index is 9.29. The molecule has 0 bridgehead atoms. The van der Waals surface area contributed by atoms with Crippen LogP contribution in [0.3, 0.4) is 0 Å². The molecule has 1 saturated carbocycles. The molecule has 3 nitrogen and oxygen atoms in total. The van der Waals surface area contributed by atoms with Crippen molar-refractivity contribution in [3.8, 4) is 11.5 Å². The number of para-hydroxylation sites is 1. The molecule has 2 aromatic carbocycles. The first-order valence-corrected chi connectivity index (χ1v) is 7.51. The zero-order valence-electron chi connectivity index (χ0n) is 11.7. The van der Waals surface area contributed by atoms with Crippen molar-refractivity contribution in [1.29, 1.82) is 0 Å². The molecule has 0 saturated heterocycles. The van der Waals surface area contributed by atoms with Gasteiger partial charge in [-0.25, -0.2) is 0 Å². The fraction of sp³-hybridized carbons (Fsp3) is 0.294. The van der Waals surface area contributed by atoms with Crippen molar-refractivity contribution in [2.75, 3.05) is 0 Å². The van der Waals surface area contributed by atoms with E-state index in [4.69, 9.17) is 16.3 Å². The fourth-order valence-corrected chi connectivity index (χ4v) is 2.39. The number of hydrogen-bond acceptors (Lipinski definition) is 3. The molecule has 2 aromatic rings. The van der Waals surface area contributed by atoms with Gasteiger partial charge >= 0.3 is 0 Å². The smallest absolute Gasteiger partial charge is 0.142 e. The molecule has 0 aliphatic heterocycles. The van der Waals surface area contributed by atoms with Crippen molar-refractivity contribution in [3.05, 3.63) is 58.6 Å². The van der Waals surface area contributed by atoms with Crippen molar-refractivity contribution < 1.29 is 9.84 Å². The van der Waals surface area contributed by atoms with Gasteiger partial charge in [0.15, 0.2) is 0 Å². The Morgan fingerprint density at radius 2 is 1.90 bits per heavy atom. The van der Waals surface area contributed by atoms with Crippen LogP contribution < -0.4 is 10.1 Å². The Labute approximate surface area is 129 Å². The summed E-state index contributed by atoms with van der Waals surface area (Å²) in [6, 6.07) is 13.5. The molecule has 2 N–H and O–H groups in total. The second kappa shape index (κ2) is 6.37. The van der Waals surface area contributed by atoms with E-state index in [1.807, 2.05) is 30.3 Å². The largest absolute Gasteiger partial charge is 0.508 e. The number of phenols is 1. The molecular weight excluding hydrogens is 286 g/mol. The van der Waals surface area contributed by atoms with E-state index in [9.17, 15) is 5.11 Å². The van der Waals surface area contributed by atoms with E-state index in [0.29, 0.717) is 17.7 Å². The van der Waals surface area contributed by atoms with Gasteiger partial charge in [-0.05, 0) is 36.6 Å². The number of benzene rings is 2. The molecule has 0 spiro atoms. The van der Waals surface area contributed by atoms with Crippen LogP contribution in [0, 0.1) is 0 Å². The van der Waals surface area contributed by atoms with Crippen molar-refractivity contribution in [2.45, 2.75) is 32.0 Å². The number of nitrogens with one attached hydrogen (secondary N) is 1. The summed E-state index contributed by atoms with van der Waals surface area (Å²) in [7, 11) is 0. The highest BCUT2D eigenvalue weighted by Gasteiger charge is 2.21. The zero-order valence-corrected chi connectivity index (χ0v) is 12.4. The third-order valence-electron chi connectivity index (χ3n) is 3.53. The van der Waals surface area contributed by atoms with Gasteiger partial charge in [-0.2, -0.15) is 0 Å². The standard InChI is InChI=1S/C17H18ClNO2/c18-16-3-1-2-13(10-19-14-6-7-14)17(16)21-11-12-4-8-15(20)9-5-12/h1-5,8-9,14,19-20H,6-7,10-11H2. The molecule has 1 aliphatic carbocycles. The van der Waals surface area contributed by atoms with Gasteiger partial charge in [0.2, 0.25) is 0 Å². The lowest BCUT2D eigenvalue weighted by Crippen LogP contribution is -2.16. The van der Waals surface area contributed by atoms with E-state index >= 15 is 0 Å². The highest BCUT2D eigenvalue weighted by Crippen LogP contribution is 2.30. The lowest BCUT2D eigenvalue weighted by atomic mass is 10.2. The highest BCUT2D eigenvalue weighted by atomic mass is 35.5. The first-order chi connectivity index (χ1) is 10.2. The van der Waals surface area contributed by atoms with Crippen molar-refractivity contribution in [3.63, 3.8) is 0 Å². The lowest BCUT2D eigenvalue weighted by Gasteiger charge is -2.14.